The topological polar surface area (TPSA) is 59.8 Å². The molecule has 0 spiro atoms. The third-order valence-electron chi connectivity index (χ3n) is 3.02. The molecule has 1 amide bonds. The average molecular weight is 260 g/mol. The molecule has 5 nitrogen and oxygen atoms in total. The number of hydrogen-bond acceptors (Lipinski definition) is 4. The highest BCUT2D eigenvalue weighted by atomic mass is 32.2. The molecule has 0 aliphatic carbocycles. The first kappa shape index (κ1) is 11.3. The van der Waals surface area contributed by atoms with E-state index in [1.165, 1.54) is 16.8 Å². The van der Waals surface area contributed by atoms with E-state index in [0.29, 0.717) is 5.17 Å². The number of nitrogens with one attached hydrogen (secondary N) is 1. The Labute approximate surface area is 109 Å². The molecule has 0 aromatic heterocycles. The molecule has 1 N–H and O–H groups in total. The van der Waals surface area contributed by atoms with Crippen molar-refractivity contribution in [3.05, 3.63) is 29.8 Å². The van der Waals surface area contributed by atoms with Crippen LogP contribution in [0.4, 0.5) is 5.69 Å². The zero-order valence-corrected chi connectivity index (χ0v) is 10.9. The molecule has 2 aliphatic heterocycles. The highest BCUT2D eigenvalue weighted by molar-refractivity contribution is 8.15. The van der Waals surface area contributed by atoms with Gasteiger partial charge in [0.15, 0.2) is 5.17 Å². The molecule has 0 radical (unpaired) electrons. The summed E-state index contributed by atoms with van der Waals surface area (Å²) < 4.78 is 0. The highest BCUT2D eigenvalue weighted by Crippen LogP contribution is 2.40. The molecule has 2 heterocycles. The van der Waals surface area contributed by atoms with E-state index < -0.39 is 0 Å². The lowest BCUT2D eigenvalue weighted by molar-refractivity contribution is -0.116. The van der Waals surface area contributed by atoms with Crippen LogP contribution in [0.2, 0.25) is 0 Å². The number of rotatable bonds is 0. The number of nitrogens with zero attached hydrogens (tertiary/aromatic N) is 3. The molecule has 1 aromatic carbocycles. The molecule has 1 aromatic rings. The Bertz CT molecular complexity index is 583. The van der Waals surface area contributed by atoms with Gasteiger partial charge in [-0.3, -0.25) is 15.1 Å². The Morgan fingerprint density at radius 3 is 2.89 bits per heavy atom. The second kappa shape index (κ2) is 3.84. The van der Waals surface area contributed by atoms with Crippen molar-refractivity contribution in [2.24, 2.45) is 5.10 Å². The van der Waals surface area contributed by atoms with Crippen LogP contribution in [0.15, 0.2) is 29.4 Å². The predicted molar refractivity (Wildman–Crippen MR) is 73.0 cm³/mol. The largest absolute Gasteiger partial charge is 0.293 e. The third kappa shape index (κ3) is 1.45. The Hall–Kier alpha value is -1.82. The first-order chi connectivity index (χ1) is 8.59. The van der Waals surface area contributed by atoms with Crippen LogP contribution in [0.5, 0.6) is 0 Å². The summed E-state index contributed by atoms with van der Waals surface area (Å²) in [5.41, 5.74) is 2.71. The summed E-state index contributed by atoms with van der Waals surface area (Å²) in [6, 6.07) is 7.73. The monoisotopic (exact) mass is 260 g/mol. The van der Waals surface area contributed by atoms with Crippen molar-refractivity contribution < 1.29 is 4.79 Å². The zero-order chi connectivity index (χ0) is 12.9. The molecule has 6 heteroatoms. The maximum atomic E-state index is 11.8. The lowest BCUT2D eigenvalue weighted by Gasteiger charge is -2.29. The van der Waals surface area contributed by atoms with Crippen molar-refractivity contribution in [3.8, 4) is 0 Å². The smallest absolute Gasteiger partial charge is 0.225 e. The van der Waals surface area contributed by atoms with Crippen LogP contribution in [0.25, 0.3) is 0 Å². The van der Waals surface area contributed by atoms with E-state index in [1.54, 1.807) is 18.9 Å². The molecule has 18 heavy (non-hydrogen) atoms. The molecule has 1 atom stereocenters. The van der Waals surface area contributed by atoms with Gasteiger partial charge in [0.2, 0.25) is 5.91 Å². The van der Waals surface area contributed by atoms with E-state index in [0.717, 1.165) is 17.0 Å². The molecule has 0 bridgehead atoms. The van der Waals surface area contributed by atoms with E-state index in [2.05, 4.69) is 5.10 Å². The van der Waals surface area contributed by atoms with Crippen molar-refractivity contribution in [1.82, 2.24) is 5.01 Å². The maximum absolute atomic E-state index is 11.8. The summed E-state index contributed by atoms with van der Waals surface area (Å²) in [4.78, 5) is 13.5. The molecular formula is C12H12N4OS. The number of hydrogen-bond donors (Lipinski definition) is 1. The molecule has 0 saturated heterocycles. The van der Waals surface area contributed by atoms with Gasteiger partial charge in [-0.25, -0.2) is 5.01 Å². The lowest BCUT2D eigenvalue weighted by atomic mass is 10.1. The van der Waals surface area contributed by atoms with E-state index >= 15 is 0 Å². The summed E-state index contributed by atoms with van der Waals surface area (Å²) in [5.74, 6) is -0.0255. The van der Waals surface area contributed by atoms with E-state index in [4.69, 9.17) is 5.41 Å². The van der Waals surface area contributed by atoms with Gasteiger partial charge >= 0.3 is 0 Å². The van der Waals surface area contributed by atoms with Crippen LogP contribution in [-0.4, -0.2) is 34.2 Å². The van der Waals surface area contributed by atoms with Crippen molar-refractivity contribution in [2.75, 3.05) is 11.9 Å². The second-order valence-electron chi connectivity index (χ2n) is 4.19. The minimum Gasteiger partial charge on any atom is -0.293 e. The fraction of sp³-hybridized carbons (Fsp3) is 0.250. The minimum absolute atomic E-state index is 0.0255. The number of para-hydroxylation sites is 1. The lowest BCUT2D eigenvalue weighted by Crippen LogP contribution is -2.42. The van der Waals surface area contributed by atoms with Gasteiger partial charge in [0.05, 0.1) is 5.69 Å². The molecule has 2 aliphatic rings. The van der Waals surface area contributed by atoms with Crippen molar-refractivity contribution >= 4 is 34.2 Å². The highest BCUT2D eigenvalue weighted by Gasteiger charge is 2.41. The molecule has 92 valence electrons. The molecule has 0 saturated carbocycles. The van der Waals surface area contributed by atoms with Crippen LogP contribution in [0.3, 0.4) is 0 Å². The summed E-state index contributed by atoms with van der Waals surface area (Å²) in [6.07, 6.45) is 0. The summed E-state index contributed by atoms with van der Waals surface area (Å²) in [5, 5.41) is 13.9. The van der Waals surface area contributed by atoms with E-state index in [1.807, 2.05) is 24.3 Å². The quantitative estimate of drug-likeness (QED) is 0.772. The normalized spacial score (nSPS) is 21.6. The van der Waals surface area contributed by atoms with Crippen LogP contribution in [0, 0.1) is 5.41 Å². The van der Waals surface area contributed by atoms with Gasteiger partial charge < -0.3 is 0 Å². The number of carbonyl (C=O) groups excluding carboxylic acids is 1. The van der Waals surface area contributed by atoms with Gasteiger partial charge in [-0.1, -0.05) is 30.0 Å². The summed E-state index contributed by atoms with van der Waals surface area (Å²) in [6.45, 7) is 1.54. The number of fused-ring (bicyclic) bond motifs is 3. The number of amidine groups is 1. The number of carbonyl (C=O) groups is 1. The van der Waals surface area contributed by atoms with Gasteiger partial charge in [-0.05, 0) is 6.07 Å². The Balaban J connectivity index is 2.19. The van der Waals surface area contributed by atoms with Crippen molar-refractivity contribution in [3.63, 3.8) is 0 Å². The van der Waals surface area contributed by atoms with Gasteiger partial charge in [0.1, 0.15) is 11.1 Å². The molecule has 3 rings (SSSR count). The zero-order valence-electron chi connectivity index (χ0n) is 10.0. The number of benzene rings is 1. The fourth-order valence-electron chi connectivity index (χ4n) is 2.22. The van der Waals surface area contributed by atoms with Crippen molar-refractivity contribution in [1.29, 1.82) is 5.41 Å². The van der Waals surface area contributed by atoms with Crippen LogP contribution >= 0.6 is 11.8 Å². The Kier molecular flexibility index (Phi) is 2.41. The number of amides is 1. The molecule has 0 fully saturated rings. The van der Waals surface area contributed by atoms with Crippen LogP contribution in [0.1, 0.15) is 12.5 Å². The average Bonchev–Trinajstić information content (AvgIpc) is 2.64. The third-order valence-corrected chi connectivity index (χ3v) is 4.17. The first-order valence-corrected chi connectivity index (χ1v) is 6.44. The van der Waals surface area contributed by atoms with Crippen molar-refractivity contribution in [2.45, 2.75) is 12.3 Å². The van der Waals surface area contributed by atoms with Crippen LogP contribution < -0.4 is 4.90 Å². The first-order valence-electron chi connectivity index (χ1n) is 5.56. The SMILES string of the molecule is CC(=O)N1c2ccccc2C2=NN(C)C(=N)S[C@@H]21. The molecular weight excluding hydrogens is 248 g/mol. The molecule has 0 unspecified atom stereocenters. The number of hydrazone groups is 1. The van der Waals surface area contributed by atoms with Crippen LogP contribution in [-0.2, 0) is 4.79 Å². The van der Waals surface area contributed by atoms with E-state index in [9.17, 15) is 4.79 Å². The Morgan fingerprint density at radius 1 is 1.44 bits per heavy atom. The second-order valence-corrected chi connectivity index (χ2v) is 5.26. The number of thioether (sulfide) groups is 1. The summed E-state index contributed by atoms with van der Waals surface area (Å²) >= 11 is 1.34. The van der Waals surface area contributed by atoms with Gasteiger partial charge in [0, 0.05) is 19.5 Å². The Morgan fingerprint density at radius 2 is 2.17 bits per heavy atom. The maximum Gasteiger partial charge on any atom is 0.225 e. The predicted octanol–water partition coefficient (Wildman–Crippen LogP) is 1.70. The standard InChI is InChI=1S/C12H12N4OS/c1-7(17)16-9-6-4-3-5-8(9)10-11(16)18-12(13)15(2)14-10/h3-6,11,13H,1-2H3/t11-/m0/s1. The van der Waals surface area contributed by atoms with Gasteiger partial charge in [0.25, 0.3) is 0 Å². The van der Waals surface area contributed by atoms with Gasteiger partial charge in [-0.15, -0.1) is 0 Å². The fourth-order valence-corrected chi connectivity index (χ4v) is 3.28. The number of anilines is 1. The minimum atomic E-state index is -0.205. The van der Waals surface area contributed by atoms with E-state index in [-0.39, 0.29) is 11.3 Å². The van der Waals surface area contributed by atoms with Gasteiger partial charge in [-0.2, -0.15) is 5.10 Å². The summed E-state index contributed by atoms with van der Waals surface area (Å²) in [7, 11) is 1.75.